The van der Waals surface area contributed by atoms with Gasteiger partial charge in [-0.3, -0.25) is 9.97 Å². The van der Waals surface area contributed by atoms with Gasteiger partial charge in [0, 0.05) is 30.5 Å². The zero-order valence-electron chi connectivity index (χ0n) is 13.2. The minimum Gasteiger partial charge on any atom is -0.317 e. The molecule has 0 spiro atoms. The van der Waals surface area contributed by atoms with Crippen molar-refractivity contribution in [1.29, 1.82) is 0 Å². The van der Waals surface area contributed by atoms with Crippen molar-refractivity contribution < 1.29 is 4.79 Å². The van der Waals surface area contributed by atoms with Gasteiger partial charge in [-0.05, 0) is 42.7 Å². The fraction of sp³-hybridized carbons (Fsp3) is 0.211. The summed E-state index contributed by atoms with van der Waals surface area (Å²) >= 11 is 0. The molecule has 3 heterocycles. The van der Waals surface area contributed by atoms with Crippen LogP contribution in [0.25, 0.3) is 10.9 Å². The molecule has 3 aromatic rings. The number of amides is 2. The highest BCUT2D eigenvalue weighted by molar-refractivity contribution is 5.99. The topological polar surface area (TPSA) is 58.1 Å². The van der Waals surface area contributed by atoms with Crippen LogP contribution in [0, 0.1) is 0 Å². The molecule has 5 nitrogen and oxygen atoms in total. The Bertz CT molecular complexity index is 860. The lowest BCUT2D eigenvalue weighted by Crippen LogP contribution is -2.34. The second kappa shape index (κ2) is 6.28. The predicted octanol–water partition coefficient (Wildman–Crippen LogP) is 4.00. The first-order chi connectivity index (χ1) is 11.8. The first-order valence-electron chi connectivity index (χ1n) is 8.14. The number of carbonyl (C=O) groups is 1. The highest BCUT2D eigenvalue weighted by atomic mass is 16.2. The van der Waals surface area contributed by atoms with Crippen LogP contribution in [0.4, 0.5) is 10.5 Å². The molecule has 0 aliphatic carbocycles. The molecule has 1 aromatic carbocycles. The molecule has 0 bridgehead atoms. The van der Waals surface area contributed by atoms with Gasteiger partial charge >= 0.3 is 6.03 Å². The van der Waals surface area contributed by atoms with Gasteiger partial charge in [-0.2, -0.15) is 0 Å². The number of nitrogens with zero attached hydrogens (tertiary/aromatic N) is 3. The van der Waals surface area contributed by atoms with Crippen molar-refractivity contribution in [3.05, 3.63) is 66.6 Å². The molecule has 1 aliphatic rings. The quantitative estimate of drug-likeness (QED) is 0.777. The van der Waals surface area contributed by atoms with Gasteiger partial charge in [0.2, 0.25) is 0 Å². The molecule has 4 rings (SSSR count). The van der Waals surface area contributed by atoms with E-state index in [1.807, 2.05) is 47.4 Å². The van der Waals surface area contributed by atoms with Crippen LogP contribution in [0.1, 0.15) is 24.4 Å². The average Bonchev–Trinajstić information content (AvgIpc) is 3.13. The summed E-state index contributed by atoms with van der Waals surface area (Å²) in [5.41, 5.74) is 2.69. The fourth-order valence-electron chi connectivity index (χ4n) is 3.33. The Balaban J connectivity index is 1.59. The maximum atomic E-state index is 12.8. The standard InChI is InChI=1S/C19H18N4O/c24-19(22-16-6-1-4-15-5-2-10-21-18(15)16)23-13-3-7-17(23)14-8-11-20-12-9-14/h1-2,4-6,8-12,17H,3,7,13H2,(H,22,24). The first kappa shape index (κ1) is 14.6. The smallest absolute Gasteiger partial charge is 0.317 e. The number of benzene rings is 1. The number of carbonyl (C=O) groups excluding carboxylic acids is 1. The second-order valence-corrected chi connectivity index (χ2v) is 5.94. The molecule has 1 fully saturated rings. The van der Waals surface area contributed by atoms with Crippen LogP contribution in [-0.4, -0.2) is 27.4 Å². The minimum absolute atomic E-state index is 0.0764. The summed E-state index contributed by atoms with van der Waals surface area (Å²) in [6.45, 7) is 0.761. The largest absolute Gasteiger partial charge is 0.322 e. The van der Waals surface area contributed by atoms with Crippen molar-refractivity contribution >= 4 is 22.6 Å². The van der Waals surface area contributed by atoms with E-state index in [1.165, 1.54) is 0 Å². The Labute approximate surface area is 140 Å². The fourth-order valence-corrected chi connectivity index (χ4v) is 3.33. The van der Waals surface area contributed by atoms with Gasteiger partial charge < -0.3 is 10.2 Å². The van der Waals surface area contributed by atoms with Gasteiger partial charge in [-0.15, -0.1) is 0 Å². The van der Waals surface area contributed by atoms with E-state index in [1.54, 1.807) is 18.6 Å². The van der Waals surface area contributed by atoms with E-state index in [0.29, 0.717) is 0 Å². The van der Waals surface area contributed by atoms with Crippen molar-refractivity contribution in [2.45, 2.75) is 18.9 Å². The van der Waals surface area contributed by atoms with E-state index in [9.17, 15) is 4.79 Å². The first-order valence-corrected chi connectivity index (χ1v) is 8.14. The molecular weight excluding hydrogens is 300 g/mol. The van der Waals surface area contributed by atoms with Crippen LogP contribution in [-0.2, 0) is 0 Å². The molecule has 24 heavy (non-hydrogen) atoms. The zero-order chi connectivity index (χ0) is 16.4. The molecule has 1 unspecified atom stereocenters. The van der Waals surface area contributed by atoms with E-state index in [2.05, 4.69) is 15.3 Å². The van der Waals surface area contributed by atoms with E-state index < -0.39 is 0 Å². The Morgan fingerprint density at radius 3 is 2.79 bits per heavy atom. The van der Waals surface area contributed by atoms with Gasteiger partial charge in [0.25, 0.3) is 0 Å². The van der Waals surface area contributed by atoms with Crippen molar-refractivity contribution in [3.63, 3.8) is 0 Å². The lowest BCUT2D eigenvalue weighted by Gasteiger charge is -2.25. The van der Waals surface area contributed by atoms with Crippen LogP contribution in [0.2, 0.25) is 0 Å². The third kappa shape index (κ3) is 2.69. The number of rotatable bonds is 2. The average molecular weight is 318 g/mol. The van der Waals surface area contributed by atoms with Gasteiger partial charge in [0.05, 0.1) is 17.2 Å². The SMILES string of the molecule is O=C(Nc1cccc2cccnc12)N1CCCC1c1ccncc1. The summed E-state index contributed by atoms with van der Waals surface area (Å²) in [5.74, 6) is 0. The summed E-state index contributed by atoms with van der Waals surface area (Å²) in [6.07, 6.45) is 7.28. The number of pyridine rings is 2. The van der Waals surface area contributed by atoms with Crippen LogP contribution in [0.5, 0.6) is 0 Å². The van der Waals surface area contributed by atoms with Gasteiger partial charge in [0.15, 0.2) is 0 Å². The van der Waals surface area contributed by atoms with E-state index >= 15 is 0 Å². The molecule has 1 saturated heterocycles. The van der Waals surface area contributed by atoms with Crippen LogP contribution in [0.3, 0.4) is 0 Å². The Morgan fingerprint density at radius 1 is 1.08 bits per heavy atom. The van der Waals surface area contributed by atoms with Crippen molar-refractivity contribution in [2.24, 2.45) is 0 Å². The third-order valence-electron chi connectivity index (χ3n) is 4.48. The monoisotopic (exact) mass is 318 g/mol. The van der Waals surface area contributed by atoms with Crippen molar-refractivity contribution in [2.75, 3.05) is 11.9 Å². The number of hydrogen-bond acceptors (Lipinski definition) is 3. The highest BCUT2D eigenvalue weighted by Gasteiger charge is 2.30. The van der Waals surface area contributed by atoms with Crippen molar-refractivity contribution in [1.82, 2.24) is 14.9 Å². The molecule has 1 N–H and O–H groups in total. The lowest BCUT2D eigenvalue weighted by molar-refractivity contribution is 0.207. The minimum atomic E-state index is -0.0764. The summed E-state index contributed by atoms with van der Waals surface area (Å²) in [5, 5.41) is 4.05. The van der Waals surface area contributed by atoms with E-state index in [0.717, 1.165) is 41.5 Å². The predicted molar refractivity (Wildman–Crippen MR) is 93.7 cm³/mol. The van der Waals surface area contributed by atoms with Crippen LogP contribution in [0.15, 0.2) is 61.1 Å². The molecule has 120 valence electrons. The maximum absolute atomic E-state index is 12.8. The molecule has 2 amide bonds. The summed E-state index contributed by atoms with van der Waals surface area (Å²) < 4.78 is 0. The number of hydrogen-bond donors (Lipinski definition) is 1. The number of aromatic nitrogens is 2. The number of likely N-dealkylation sites (tertiary alicyclic amines) is 1. The van der Waals surface area contributed by atoms with E-state index in [-0.39, 0.29) is 12.1 Å². The van der Waals surface area contributed by atoms with Gasteiger partial charge in [-0.25, -0.2) is 4.79 Å². The summed E-state index contributed by atoms with van der Waals surface area (Å²) in [4.78, 5) is 23.2. The molecule has 1 atom stereocenters. The molecule has 2 aromatic heterocycles. The summed E-state index contributed by atoms with van der Waals surface area (Å²) in [7, 11) is 0. The van der Waals surface area contributed by atoms with Crippen LogP contribution < -0.4 is 5.32 Å². The molecule has 5 heteroatoms. The number of anilines is 1. The second-order valence-electron chi connectivity index (χ2n) is 5.94. The Kier molecular flexibility index (Phi) is 3.83. The maximum Gasteiger partial charge on any atom is 0.322 e. The zero-order valence-corrected chi connectivity index (χ0v) is 13.2. The normalized spacial score (nSPS) is 17.2. The summed E-state index contributed by atoms with van der Waals surface area (Å²) in [6, 6.07) is 13.7. The Hall–Kier alpha value is -2.95. The Morgan fingerprint density at radius 2 is 1.92 bits per heavy atom. The van der Waals surface area contributed by atoms with Gasteiger partial charge in [0.1, 0.15) is 0 Å². The molecule has 0 saturated carbocycles. The highest BCUT2D eigenvalue weighted by Crippen LogP contribution is 2.32. The van der Waals surface area contributed by atoms with Gasteiger partial charge in [-0.1, -0.05) is 18.2 Å². The van der Waals surface area contributed by atoms with Crippen LogP contribution >= 0.6 is 0 Å². The lowest BCUT2D eigenvalue weighted by atomic mass is 10.1. The molecular formula is C19H18N4O. The van der Waals surface area contributed by atoms with Crippen molar-refractivity contribution in [3.8, 4) is 0 Å². The number of fused-ring (bicyclic) bond motifs is 1. The molecule has 1 aliphatic heterocycles. The third-order valence-corrected chi connectivity index (χ3v) is 4.48. The number of nitrogens with one attached hydrogen (secondary N) is 1. The number of para-hydroxylation sites is 1. The number of urea groups is 1. The van der Waals surface area contributed by atoms with E-state index in [4.69, 9.17) is 0 Å². The molecule has 0 radical (unpaired) electrons.